The number of ether oxygens (including phenoxy) is 1. The van der Waals surface area contributed by atoms with Crippen molar-refractivity contribution in [1.82, 2.24) is 0 Å². The highest BCUT2D eigenvalue weighted by atomic mass is 16.5. The molecule has 0 heterocycles. The van der Waals surface area contributed by atoms with E-state index < -0.39 is 11.2 Å². The third-order valence-electron chi connectivity index (χ3n) is 11.8. The van der Waals surface area contributed by atoms with E-state index in [9.17, 15) is 10.2 Å². The van der Waals surface area contributed by atoms with Gasteiger partial charge in [0.1, 0.15) is 0 Å². The molecule has 3 nitrogen and oxygen atoms in total. The first kappa shape index (κ1) is 25.0. The van der Waals surface area contributed by atoms with Crippen molar-refractivity contribution >= 4 is 0 Å². The molecule has 0 aromatic heterocycles. The molecule has 3 heteroatoms. The lowest BCUT2D eigenvalue weighted by molar-refractivity contribution is -0.205. The Hall–Kier alpha value is -0.120. The maximum absolute atomic E-state index is 11.3. The van der Waals surface area contributed by atoms with Gasteiger partial charge in [-0.1, -0.05) is 27.7 Å². The zero-order valence-electron chi connectivity index (χ0n) is 22.1. The molecule has 0 aliphatic heterocycles. The van der Waals surface area contributed by atoms with E-state index in [-0.39, 0.29) is 6.10 Å². The Labute approximate surface area is 198 Å². The molecule has 10 atom stereocenters. The van der Waals surface area contributed by atoms with Crippen LogP contribution in [0.4, 0.5) is 0 Å². The predicted octanol–water partition coefficient (Wildman–Crippen LogP) is 6.60. The molecular weight excluding hydrogens is 396 g/mol. The molecule has 2 N–H and O–H groups in total. The monoisotopic (exact) mass is 448 g/mol. The highest BCUT2D eigenvalue weighted by molar-refractivity contribution is 5.12. The quantitative estimate of drug-likeness (QED) is 0.481. The van der Waals surface area contributed by atoms with E-state index in [2.05, 4.69) is 27.7 Å². The van der Waals surface area contributed by atoms with Crippen molar-refractivity contribution < 1.29 is 14.9 Å². The summed E-state index contributed by atoms with van der Waals surface area (Å²) in [5, 5.41) is 21.6. The fourth-order valence-corrected chi connectivity index (χ4v) is 9.77. The van der Waals surface area contributed by atoms with Crippen LogP contribution in [0.25, 0.3) is 0 Å². The molecule has 4 aliphatic rings. The maximum atomic E-state index is 11.3. The van der Waals surface area contributed by atoms with Gasteiger partial charge < -0.3 is 14.9 Å². The summed E-state index contributed by atoms with van der Waals surface area (Å²) < 4.78 is 5.93. The van der Waals surface area contributed by atoms with Crippen molar-refractivity contribution in [2.75, 3.05) is 7.11 Å². The molecule has 0 aromatic rings. The molecule has 0 aromatic carbocycles. The summed E-state index contributed by atoms with van der Waals surface area (Å²) in [7, 11) is 1.81. The van der Waals surface area contributed by atoms with E-state index in [4.69, 9.17) is 4.74 Å². The number of hydrogen-bond donors (Lipinski definition) is 2. The first-order chi connectivity index (χ1) is 14.9. The van der Waals surface area contributed by atoms with E-state index in [1.54, 1.807) is 0 Å². The summed E-state index contributed by atoms with van der Waals surface area (Å²) in [6.07, 6.45) is 13.0. The summed E-state index contributed by atoms with van der Waals surface area (Å²) in [4.78, 5) is 0. The van der Waals surface area contributed by atoms with Crippen molar-refractivity contribution in [2.45, 2.75) is 129 Å². The lowest BCUT2D eigenvalue weighted by Crippen LogP contribution is -2.60. The largest absolute Gasteiger partial charge is 0.390 e. The van der Waals surface area contributed by atoms with Crippen molar-refractivity contribution in [3.63, 3.8) is 0 Å². The maximum Gasteiger partial charge on any atom is 0.0908 e. The van der Waals surface area contributed by atoms with Gasteiger partial charge in [0.25, 0.3) is 0 Å². The summed E-state index contributed by atoms with van der Waals surface area (Å²) >= 11 is 0. The Morgan fingerprint density at radius 1 is 1.00 bits per heavy atom. The van der Waals surface area contributed by atoms with Crippen LogP contribution in [0.5, 0.6) is 0 Å². The summed E-state index contributed by atoms with van der Waals surface area (Å²) in [5.41, 5.74) is -0.389. The Morgan fingerprint density at radius 2 is 1.69 bits per heavy atom. The predicted molar refractivity (Wildman–Crippen MR) is 131 cm³/mol. The molecule has 0 spiro atoms. The molecule has 32 heavy (non-hydrogen) atoms. The van der Waals surface area contributed by atoms with Crippen molar-refractivity contribution in [1.29, 1.82) is 0 Å². The van der Waals surface area contributed by atoms with Gasteiger partial charge in [0.2, 0.25) is 0 Å². The van der Waals surface area contributed by atoms with Crippen LogP contribution in [0.15, 0.2) is 0 Å². The summed E-state index contributed by atoms with van der Waals surface area (Å²) in [6.45, 7) is 13.7. The van der Waals surface area contributed by atoms with E-state index in [0.717, 1.165) is 55.8 Å². The summed E-state index contributed by atoms with van der Waals surface area (Å²) in [5.74, 6) is 4.67. The third kappa shape index (κ3) is 4.01. The second kappa shape index (κ2) is 8.52. The second-order valence-electron chi connectivity index (χ2n) is 13.8. The van der Waals surface area contributed by atoms with Gasteiger partial charge in [-0.15, -0.1) is 0 Å². The number of methoxy groups -OCH3 is 1. The number of aliphatic hydroxyl groups is 2. The normalized spacial score (nSPS) is 49.8. The van der Waals surface area contributed by atoms with Crippen LogP contribution in [-0.2, 0) is 4.74 Å². The van der Waals surface area contributed by atoms with Crippen LogP contribution in [0.3, 0.4) is 0 Å². The minimum atomic E-state index is -0.636. The average Bonchev–Trinajstić information content (AvgIpc) is 3.09. The number of rotatable bonds is 6. The van der Waals surface area contributed by atoms with Crippen LogP contribution in [0.1, 0.15) is 112 Å². The minimum absolute atomic E-state index is 0.0148. The van der Waals surface area contributed by atoms with Crippen molar-refractivity contribution in [3.05, 3.63) is 0 Å². The standard InChI is InChI=1S/C29H52O3/c1-8-29(31)17-20-9-10-21-23-12-11-22(19(2)13-15-26(3,4)30)27(23,5)16-14-24(21)28(20,6)18-25(29)32-7/h19-25,30-31H,8-18H2,1-7H3/t19-,20+,21?,22-,23+,24+,25?,27-,28?,29-/m1/s1. The Bertz CT molecular complexity index is 670. The Morgan fingerprint density at radius 3 is 2.31 bits per heavy atom. The fraction of sp³-hybridized carbons (Fsp3) is 1.00. The van der Waals surface area contributed by atoms with E-state index in [1.807, 2.05) is 21.0 Å². The molecule has 0 radical (unpaired) electrons. The minimum Gasteiger partial charge on any atom is -0.390 e. The van der Waals surface area contributed by atoms with Crippen LogP contribution in [-0.4, -0.2) is 34.6 Å². The number of hydrogen-bond acceptors (Lipinski definition) is 3. The average molecular weight is 449 g/mol. The smallest absolute Gasteiger partial charge is 0.0908 e. The van der Waals surface area contributed by atoms with E-state index >= 15 is 0 Å². The van der Waals surface area contributed by atoms with Crippen molar-refractivity contribution in [2.24, 2.45) is 46.3 Å². The first-order valence-electron chi connectivity index (χ1n) is 13.9. The van der Waals surface area contributed by atoms with Gasteiger partial charge in [-0.25, -0.2) is 0 Å². The highest BCUT2D eigenvalue weighted by Gasteiger charge is 2.63. The molecule has 4 saturated carbocycles. The van der Waals surface area contributed by atoms with E-state index in [0.29, 0.717) is 22.7 Å². The molecule has 0 amide bonds. The van der Waals surface area contributed by atoms with Gasteiger partial charge in [0.05, 0.1) is 17.3 Å². The first-order valence-corrected chi connectivity index (χ1v) is 13.9. The lowest BCUT2D eigenvalue weighted by atomic mass is 9.43. The van der Waals surface area contributed by atoms with Gasteiger partial charge >= 0.3 is 0 Å². The van der Waals surface area contributed by atoms with Gasteiger partial charge in [-0.3, -0.25) is 0 Å². The van der Waals surface area contributed by atoms with Gasteiger partial charge in [0.15, 0.2) is 0 Å². The zero-order valence-corrected chi connectivity index (χ0v) is 22.1. The van der Waals surface area contributed by atoms with Crippen LogP contribution < -0.4 is 0 Å². The van der Waals surface area contributed by atoms with Gasteiger partial charge in [-0.05, 0) is 131 Å². The summed E-state index contributed by atoms with van der Waals surface area (Å²) in [6, 6.07) is 0. The number of fused-ring (bicyclic) bond motifs is 5. The van der Waals surface area contributed by atoms with Gasteiger partial charge in [-0.2, -0.15) is 0 Å². The molecule has 4 aliphatic carbocycles. The Balaban J connectivity index is 1.52. The highest BCUT2D eigenvalue weighted by Crippen LogP contribution is 2.69. The molecule has 186 valence electrons. The van der Waals surface area contributed by atoms with Crippen LogP contribution in [0.2, 0.25) is 0 Å². The molecule has 0 saturated heterocycles. The second-order valence-corrected chi connectivity index (χ2v) is 13.8. The molecular formula is C29H52O3. The SMILES string of the molecule is CC[C@@]1(O)C[C@@H]2CCC3[C@H](CC[C@]4(C)[C@@H]([C@H](C)CCC(C)(C)O)CC[C@@H]34)C2(C)CC1OC. The van der Waals surface area contributed by atoms with Crippen molar-refractivity contribution in [3.8, 4) is 0 Å². The molecule has 4 rings (SSSR count). The van der Waals surface area contributed by atoms with Crippen LogP contribution in [0, 0.1) is 46.3 Å². The van der Waals surface area contributed by atoms with Gasteiger partial charge in [0, 0.05) is 7.11 Å². The topological polar surface area (TPSA) is 49.7 Å². The molecule has 3 unspecified atom stereocenters. The third-order valence-corrected chi connectivity index (χ3v) is 11.8. The fourth-order valence-electron chi connectivity index (χ4n) is 9.77. The Kier molecular flexibility index (Phi) is 6.65. The van der Waals surface area contributed by atoms with Crippen LogP contribution >= 0.6 is 0 Å². The van der Waals surface area contributed by atoms with E-state index in [1.165, 1.54) is 38.5 Å². The lowest BCUT2D eigenvalue weighted by Gasteiger charge is -2.63. The molecule has 0 bridgehead atoms. The zero-order chi connectivity index (χ0) is 23.5. The molecule has 4 fully saturated rings.